The summed E-state index contributed by atoms with van der Waals surface area (Å²) in [5.74, 6) is -2.48. The molecule has 0 saturated carbocycles. The number of morpholine rings is 1. The van der Waals surface area contributed by atoms with Crippen LogP contribution in [0.1, 0.15) is 73.3 Å². The number of halogens is 1. The third-order valence-corrected chi connectivity index (χ3v) is 11.6. The molecule has 0 spiro atoms. The second-order valence-corrected chi connectivity index (χ2v) is 15.9. The quantitative estimate of drug-likeness (QED) is 0.0458. The Morgan fingerprint density at radius 3 is 2.03 bits per heavy atom. The Hall–Kier alpha value is -6.58. The molecule has 2 aromatic carbocycles. The topological polar surface area (TPSA) is 204 Å². The van der Waals surface area contributed by atoms with Gasteiger partial charge in [-0.3, -0.25) is 34.5 Å². The highest BCUT2D eigenvalue weighted by molar-refractivity contribution is 7.98. The van der Waals surface area contributed by atoms with E-state index in [1.165, 1.54) is 37.6 Å². The number of carbonyl (C=O) groups excluding carboxylic acids is 4. The van der Waals surface area contributed by atoms with Crippen molar-refractivity contribution in [3.63, 3.8) is 0 Å². The SMILES string of the molecule is CCn1nc(C)cc1C(=O)Nc1nc2cc(C(=O)OC)cc(SC)c2n1CC=CCn1c(NC(=O)c2c(F)c(C)nn2CC)nc2cc(C(=O)OC)cc(OCCCN3CCOCC3)c21. The van der Waals surface area contributed by atoms with Gasteiger partial charge in [0.1, 0.15) is 17.0 Å². The van der Waals surface area contributed by atoms with Crippen molar-refractivity contribution in [3.05, 3.63) is 82.2 Å². The second-order valence-electron chi connectivity index (χ2n) is 15.0. The molecule has 4 aromatic heterocycles. The highest BCUT2D eigenvalue weighted by Crippen LogP contribution is 2.34. The summed E-state index contributed by atoms with van der Waals surface area (Å²) in [6.07, 6.45) is 6.24. The summed E-state index contributed by atoms with van der Waals surface area (Å²) in [6.45, 7) is 12.0. The van der Waals surface area contributed by atoms with Crippen LogP contribution in [0.2, 0.25) is 0 Å². The van der Waals surface area contributed by atoms with E-state index in [1.807, 2.05) is 36.8 Å². The number of nitrogens with one attached hydrogen (secondary N) is 2. The second kappa shape index (κ2) is 20.5. The Balaban J connectivity index is 1.27. The smallest absolute Gasteiger partial charge is 0.338 e. The number of thioether (sulfide) groups is 1. The average molecular weight is 914 g/mol. The van der Waals surface area contributed by atoms with Crippen LogP contribution in [0.25, 0.3) is 22.1 Å². The van der Waals surface area contributed by atoms with E-state index in [4.69, 9.17) is 28.9 Å². The molecule has 0 bridgehead atoms. The van der Waals surface area contributed by atoms with Gasteiger partial charge in [-0.15, -0.1) is 11.8 Å². The Morgan fingerprint density at radius 2 is 1.42 bits per heavy atom. The normalized spacial score (nSPS) is 13.2. The number of allylic oxidation sites excluding steroid dienone is 2. The molecule has 21 heteroatoms. The van der Waals surface area contributed by atoms with Crippen LogP contribution in [-0.4, -0.2) is 127 Å². The molecule has 6 aromatic rings. The number of carbonyl (C=O) groups is 4. The number of ether oxygens (including phenoxy) is 4. The maximum Gasteiger partial charge on any atom is 0.338 e. The first-order valence-corrected chi connectivity index (χ1v) is 22.4. The summed E-state index contributed by atoms with van der Waals surface area (Å²) in [4.78, 5) is 65.8. The number of fused-ring (bicyclic) bond motifs is 2. The molecule has 7 rings (SSSR count). The molecule has 0 atom stereocenters. The molecule has 5 heterocycles. The molecule has 0 unspecified atom stereocenters. The summed E-state index contributed by atoms with van der Waals surface area (Å²) in [7, 11) is 2.58. The molecule has 0 aliphatic carbocycles. The minimum Gasteiger partial charge on any atom is -0.491 e. The van der Waals surface area contributed by atoms with E-state index in [2.05, 4.69) is 25.7 Å². The molecule has 2 amide bonds. The molecule has 19 nitrogen and oxygen atoms in total. The van der Waals surface area contributed by atoms with Gasteiger partial charge < -0.3 is 28.1 Å². The predicted octanol–water partition coefficient (Wildman–Crippen LogP) is 5.73. The summed E-state index contributed by atoms with van der Waals surface area (Å²) in [5, 5.41) is 14.3. The van der Waals surface area contributed by atoms with Crippen LogP contribution in [0.15, 0.2) is 47.4 Å². The van der Waals surface area contributed by atoms with E-state index in [0.717, 1.165) is 24.5 Å². The van der Waals surface area contributed by atoms with Gasteiger partial charge in [0.05, 0.1) is 73.1 Å². The van der Waals surface area contributed by atoms with Gasteiger partial charge in [0.25, 0.3) is 11.8 Å². The zero-order valence-corrected chi connectivity index (χ0v) is 38.2. The Morgan fingerprint density at radius 1 is 0.815 bits per heavy atom. The first-order chi connectivity index (χ1) is 31.4. The number of hydrogen-bond donors (Lipinski definition) is 2. The summed E-state index contributed by atoms with van der Waals surface area (Å²) in [5.41, 5.74) is 3.25. The van der Waals surface area contributed by atoms with Gasteiger partial charge in [0.15, 0.2) is 11.5 Å². The zero-order chi connectivity index (χ0) is 46.4. The predicted molar refractivity (Wildman–Crippen MR) is 242 cm³/mol. The maximum absolute atomic E-state index is 15.4. The van der Waals surface area contributed by atoms with E-state index < -0.39 is 29.6 Å². The fraction of sp³-hybridized carbons (Fsp3) is 0.409. The molecule has 1 saturated heterocycles. The number of nitrogens with zero attached hydrogens (tertiary/aromatic N) is 9. The van der Waals surface area contributed by atoms with Crippen LogP contribution in [0.5, 0.6) is 5.75 Å². The van der Waals surface area contributed by atoms with E-state index in [0.29, 0.717) is 77.6 Å². The van der Waals surface area contributed by atoms with Crippen molar-refractivity contribution in [2.75, 3.05) is 70.6 Å². The number of aryl methyl sites for hydroxylation is 4. The van der Waals surface area contributed by atoms with Crippen LogP contribution >= 0.6 is 11.8 Å². The molecular formula is C44H52FN11O8S. The number of rotatable bonds is 18. The van der Waals surface area contributed by atoms with Crippen molar-refractivity contribution < 1.29 is 42.5 Å². The fourth-order valence-electron chi connectivity index (χ4n) is 7.70. The van der Waals surface area contributed by atoms with Crippen molar-refractivity contribution in [2.45, 2.75) is 65.2 Å². The third-order valence-electron chi connectivity index (χ3n) is 10.9. The number of methoxy groups -OCH3 is 2. The van der Waals surface area contributed by atoms with E-state index >= 15 is 4.39 Å². The molecule has 2 N–H and O–H groups in total. The lowest BCUT2D eigenvalue weighted by molar-refractivity contribution is 0.0358. The van der Waals surface area contributed by atoms with Crippen LogP contribution in [-0.2, 0) is 40.4 Å². The first-order valence-electron chi connectivity index (χ1n) is 21.2. The molecule has 344 valence electrons. The lowest BCUT2D eigenvalue weighted by Gasteiger charge is -2.26. The Labute approximate surface area is 378 Å². The van der Waals surface area contributed by atoms with E-state index in [-0.39, 0.29) is 48.5 Å². The first kappa shape index (κ1) is 46.4. The molecule has 1 aliphatic heterocycles. The number of amides is 2. The average Bonchev–Trinajstić information content (AvgIpc) is 4.06. The lowest BCUT2D eigenvalue weighted by Crippen LogP contribution is -2.37. The van der Waals surface area contributed by atoms with Crippen molar-refractivity contribution in [3.8, 4) is 5.75 Å². The number of benzene rings is 2. The Bertz CT molecular complexity index is 2790. The zero-order valence-electron chi connectivity index (χ0n) is 37.4. The summed E-state index contributed by atoms with van der Waals surface area (Å²) < 4.78 is 43.7. The van der Waals surface area contributed by atoms with Crippen molar-refractivity contribution >= 4 is 69.5 Å². The molecular weight excluding hydrogens is 862 g/mol. The van der Waals surface area contributed by atoms with Crippen LogP contribution in [0.3, 0.4) is 0 Å². The van der Waals surface area contributed by atoms with Gasteiger partial charge in [0, 0.05) is 50.7 Å². The number of esters is 2. The highest BCUT2D eigenvalue weighted by Gasteiger charge is 2.26. The number of aromatic nitrogens is 8. The van der Waals surface area contributed by atoms with Gasteiger partial charge >= 0.3 is 11.9 Å². The summed E-state index contributed by atoms with van der Waals surface area (Å²) >= 11 is 1.40. The van der Waals surface area contributed by atoms with Crippen molar-refractivity contribution in [1.29, 1.82) is 0 Å². The van der Waals surface area contributed by atoms with Gasteiger partial charge in [0.2, 0.25) is 11.9 Å². The molecule has 0 radical (unpaired) electrons. The monoisotopic (exact) mass is 913 g/mol. The third kappa shape index (κ3) is 9.91. The van der Waals surface area contributed by atoms with Crippen molar-refractivity contribution in [1.82, 2.24) is 43.6 Å². The van der Waals surface area contributed by atoms with Gasteiger partial charge in [-0.05, 0) is 70.7 Å². The number of imidazole rings is 2. The largest absolute Gasteiger partial charge is 0.491 e. The van der Waals surface area contributed by atoms with E-state index in [1.54, 1.807) is 46.5 Å². The van der Waals surface area contributed by atoms with E-state index in [9.17, 15) is 19.2 Å². The van der Waals surface area contributed by atoms with Gasteiger partial charge in [-0.1, -0.05) is 12.2 Å². The lowest BCUT2D eigenvalue weighted by atomic mass is 10.2. The molecule has 65 heavy (non-hydrogen) atoms. The van der Waals surface area contributed by atoms with Crippen LogP contribution in [0, 0.1) is 19.7 Å². The van der Waals surface area contributed by atoms with Crippen molar-refractivity contribution in [2.24, 2.45) is 0 Å². The molecule has 1 aliphatic rings. The minimum absolute atomic E-state index is 0.0552. The summed E-state index contributed by atoms with van der Waals surface area (Å²) in [6, 6.07) is 8.15. The standard InChI is InChI=1S/C44H52FN11O8S/c1-8-55-32(21-26(3)50-55)39(57)48-43-47-31-23-29(42(60)62-6)25-34(65-7)37(31)54(43)15-11-10-14-53-36-30(46-44(53)49-40(58)38-35(45)27(4)51-56(38)9-2)22-28(41(59)61-5)24-33(36)64-18-12-13-52-16-19-63-20-17-52/h10-11,21-25H,8-9,12-20H2,1-7H3,(H,46,49,58)(H,47,48,57). The molecule has 1 fully saturated rings. The number of anilines is 2. The van der Waals surface area contributed by atoms with Gasteiger partial charge in [-0.2, -0.15) is 10.2 Å². The minimum atomic E-state index is -0.771. The van der Waals surface area contributed by atoms with Gasteiger partial charge in [-0.25, -0.2) is 23.9 Å². The Kier molecular flexibility index (Phi) is 14.6. The van der Waals surface area contributed by atoms with Crippen LogP contribution < -0.4 is 15.4 Å². The maximum atomic E-state index is 15.4. The van der Waals surface area contributed by atoms with Crippen LogP contribution in [0.4, 0.5) is 16.3 Å². The fourth-order valence-corrected chi connectivity index (χ4v) is 8.35. The number of hydrogen-bond acceptors (Lipinski definition) is 14. The highest BCUT2D eigenvalue weighted by atomic mass is 32.2.